The zero-order chi connectivity index (χ0) is 18.6. The minimum atomic E-state index is -0.147. The smallest absolute Gasteiger partial charge is 0.221 e. The lowest BCUT2D eigenvalue weighted by Crippen LogP contribution is -2.24. The van der Waals surface area contributed by atoms with E-state index in [9.17, 15) is 4.79 Å². The summed E-state index contributed by atoms with van der Waals surface area (Å²) < 4.78 is 5.28. The molecule has 0 saturated carbocycles. The van der Waals surface area contributed by atoms with Gasteiger partial charge in [-0.3, -0.25) is 4.79 Å². The van der Waals surface area contributed by atoms with E-state index < -0.39 is 0 Å². The third-order valence-corrected chi connectivity index (χ3v) is 5.05. The Balaban J connectivity index is 1.64. The van der Waals surface area contributed by atoms with Gasteiger partial charge in [-0.2, -0.15) is 0 Å². The number of nitrogens with one attached hydrogen (secondary N) is 2. The van der Waals surface area contributed by atoms with Gasteiger partial charge >= 0.3 is 0 Å². The molecule has 0 bridgehead atoms. The SMILES string of the molecule is O=C(CC(c1ccccc1Cl)c1c[nH]c2ccccc12)NCc1ccco1. The predicted molar refractivity (Wildman–Crippen MR) is 107 cm³/mol. The van der Waals surface area contributed by atoms with Gasteiger partial charge in [0.05, 0.1) is 12.8 Å². The monoisotopic (exact) mass is 378 g/mol. The van der Waals surface area contributed by atoms with Crippen molar-refractivity contribution in [2.75, 3.05) is 0 Å². The van der Waals surface area contributed by atoms with E-state index in [2.05, 4.69) is 16.4 Å². The van der Waals surface area contributed by atoms with Gasteiger partial charge in [0.25, 0.3) is 0 Å². The molecule has 2 heterocycles. The van der Waals surface area contributed by atoms with Crippen molar-refractivity contribution in [1.82, 2.24) is 10.3 Å². The van der Waals surface area contributed by atoms with Gasteiger partial charge < -0.3 is 14.7 Å². The number of amides is 1. The summed E-state index contributed by atoms with van der Waals surface area (Å²) in [6, 6.07) is 19.4. The van der Waals surface area contributed by atoms with E-state index >= 15 is 0 Å². The number of hydrogen-bond donors (Lipinski definition) is 2. The molecule has 27 heavy (non-hydrogen) atoms. The topological polar surface area (TPSA) is 58.0 Å². The number of furan rings is 1. The van der Waals surface area contributed by atoms with Gasteiger partial charge in [-0.15, -0.1) is 0 Å². The zero-order valence-electron chi connectivity index (χ0n) is 14.6. The van der Waals surface area contributed by atoms with Crippen LogP contribution < -0.4 is 5.32 Å². The van der Waals surface area contributed by atoms with Gasteiger partial charge in [0.1, 0.15) is 5.76 Å². The lowest BCUT2D eigenvalue weighted by Gasteiger charge is -2.18. The van der Waals surface area contributed by atoms with Crippen molar-refractivity contribution in [3.05, 3.63) is 95.0 Å². The Morgan fingerprint density at radius 2 is 1.85 bits per heavy atom. The number of aromatic amines is 1. The van der Waals surface area contributed by atoms with Crippen molar-refractivity contribution in [1.29, 1.82) is 0 Å². The number of halogens is 1. The lowest BCUT2D eigenvalue weighted by molar-refractivity contribution is -0.121. The van der Waals surface area contributed by atoms with Crippen LogP contribution in [0.5, 0.6) is 0 Å². The van der Waals surface area contributed by atoms with Crippen molar-refractivity contribution in [2.24, 2.45) is 0 Å². The van der Waals surface area contributed by atoms with E-state index in [-0.39, 0.29) is 11.8 Å². The van der Waals surface area contributed by atoms with E-state index in [0.717, 1.165) is 27.8 Å². The van der Waals surface area contributed by atoms with Crippen LogP contribution in [0.25, 0.3) is 10.9 Å². The molecule has 136 valence electrons. The predicted octanol–water partition coefficient (Wildman–Crippen LogP) is 5.25. The minimum Gasteiger partial charge on any atom is -0.467 e. The van der Waals surface area contributed by atoms with E-state index in [1.807, 2.05) is 54.7 Å². The van der Waals surface area contributed by atoms with Crippen LogP contribution in [0.4, 0.5) is 0 Å². The average molecular weight is 379 g/mol. The van der Waals surface area contributed by atoms with Gasteiger partial charge in [0.2, 0.25) is 5.91 Å². The van der Waals surface area contributed by atoms with Gasteiger partial charge in [0, 0.05) is 34.5 Å². The first-order chi connectivity index (χ1) is 13.2. The Kier molecular flexibility index (Phi) is 4.99. The fourth-order valence-corrected chi connectivity index (χ4v) is 3.65. The van der Waals surface area contributed by atoms with Gasteiger partial charge in [0.15, 0.2) is 0 Å². The molecular weight excluding hydrogens is 360 g/mol. The molecule has 0 spiro atoms. The molecule has 2 N–H and O–H groups in total. The van der Waals surface area contributed by atoms with Crippen LogP contribution in [0.2, 0.25) is 5.02 Å². The van der Waals surface area contributed by atoms with Crippen LogP contribution in [-0.2, 0) is 11.3 Å². The third-order valence-electron chi connectivity index (χ3n) is 4.71. The second-order valence-corrected chi connectivity index (χ2v) is 6.83. The van der Waals surface area contributed by atoms with Crippen LogP contribution in [0.1, 0.15) is 29.2 Å². The molecule has 0 saturated heterocycles. The molecule has 2 aromatic carbocycles. The summed E-state index contributed by atoms with van der Waals surface area (Å²) >= 11 is 6.47. The first-order valence-corrected chi connectivity index (χ1v) is 9.19. The van der Waals surface area contributed by atoms with E-state index in [1.54, 1.807) is 12.3 Å². The number of para-hydroxylation sites is 1. The van der Waals surface area contributed by atoms with Crippen molar-refractivity contribution in [3.63, 3.8) is 0 Å². The van der Waals surface area contributed by atoms with Crippen LogP contribution in [0.15, 0.2) is 77.5 Å². The second kappa shape index (κ2) is 7.72. The molecule has 5 heteroatoms. The Morgan fingerprint density at radius 1 is 1.04 bits per heavy atom. The van der Waals surface area contributed by atoms with Crippen LogP contribution in [-0.4, -0.2) is 10.9 Å². The zero-order valence-corrected chi connectivity index (χ0v) is 15.4. The molecule has 0 aliphatic rings. The largest absolute Gasteiger partial charge is 0.467 e. The summed E-state index contributed by atoms with van der Waals surface area (Å²) in [6.07, 6.45) is 3.87. The summed E-state index contributed by atoms with van der Waals surface area (Å²) in [7, 11) is 0. The maximum atomic E-state index is 12.7. The Bertz CT molecular complexity index is 1050. The Labute approximate surface area is 162 Å². The number of benzene rings is 2. The average Bonchev–Trinajstić information content (AvgIpc) is 3.35. The van der Waals surface area contributed by atoms with E-state index in [4.69, 9.17) is 16.0 Å². The van der Waals surface area contributed by atoms with E-state index in [1.165, 1.54) is 0 Å². The highest BCUT2D eigenvalue weighted by Gasteiger charge is 2.23. The van der Waals surface area contributed by atoms with Gasteiger partial charge in [-0.05, 0) is 35.4 Å². The summed E-state index contributed by atoms with van der Waals surface area (Å²) in [4.78, 5) is 16.0. The molecule has 0 aliphatic heterocycles. The number of rotatable bonds is 6. The van der Waals surface area contributed by atoms with Crippen LogP contribution in [0.3, 0.4) is 0 Å². The summed E-state index contributed by atoms with van der Waals surface area (Å²) in [5.74, 6) is 0.526. The Morgan fingerprint density at radius 3 is 2.67 bits per heavy atom. The standard InChI is InChI=1S/C22H19ClN2O2/c23-20-9-3-1-7-16(20)18(12-22(26)25-13-15-6-5-11-27-15)19-14-24-21-10-4-2-8-17(19)21/h1-11,14,18,24H,12-13H2,(H,25,26). The summed E-state index contributed by atoms with van der Waals surface area (Å²) in [5, 5.41) is 4.69. The normalized spacial score (nSPS) is 12.2. The molecule has 0 radical (unpaired) electrons. The maximum Gasteiger partial charge on any atom is 0.221 e. The van der Waals surface area contributed by atoms with Crippen molar-refractivity contribution in [2.45, 2.75) is 18.9 Å². The Hall–Kier alpha value is -2.98. The molecule has 1 unspecified atom stereocenters. The number of carbonyl (C=O) groups excluding carboxylic acids is 1. The number of carbonyl (C=O) groups is 1. The fourth-order valence-electron chi connectivity index (χ4n) is 3.38. The molecule has 1 amide bonds. The highest BCUT2D eigenvalue weighted by Crippen LogP contribution is 2.36. The molecule has 2 aromatic heterocycles. The first-order valence-electron chi connectivity index (χ1n) is 8.82. The van der Waals surface area contributed by atoms with Crippen molar-refractivity contribution >= 4 is 28.4 Å². The van der Waals surface area contributed by atoms with Crippen molar-refractivity contribution in [3.8, 4) is 0 Å². The third kappa shape index (κ3) is 3.76. The number of hydrogen-bond acceptors (Lipinski definition) is 2. The molecule has 4 nitrogen and oxygen atoms in total. The summed E-state index contributed by atoms with van der Waals surface area (Å²) in [5.41, 5.74) is 3.05. The fraction of sp³-hybridized carbons (Fsp3) is 0.136. The highest BCUT2D eigenvalue weighted by molar-refractivity contribution is 6.31. The van der Waals surface area contributed by atoms with Crippen LogP contribution >= 0.6 is 11.6 Å². The quantitative estimate of drug-likeness (QED) is 0.481. The van der Waals surface area contributed by atoms with Gasteiger partial charge in [-0.25, -0.2) is 0 Å². The number of fused-ring (bicyclic) bond motifs is 1. The summed E-state index contributed by atoms with van der Waals surface area (Å²) in [6.45, 7) is 0.370. The molecule has 4 aromatic rings. The number of H-pyrrole nitrogens is 1. The molecule has 1 atom stereocenters. The lowest BCUT2D eigenvalue weighted by atomic mass is 9.88. The first kappa shape index (κ1) is 17.4. The van der Waals surface area contributed by atoms with Crippen molar-refractivity contribution < 1.29 is 9.21 Å². The second-order valence-electron chi connectivity index (χ2n) is 6.42. The van der Waals surface area contributed by atoms with E-state index in [0.29, 0.717) is 18.0 Å². The highest BCUT2D eigenvalue weighted by atomic mass is 35.5. The van der Waals surface area contributed by atoms with Crippen LogP contribution in [0, 0.1) is 0 Å². The molecule has 0 aliphatic carbocycles. The molecule has 4 rings (SSSR count). The number of aromatic nitrogens is 1. The maximum absolute atomic E-state index is 12.7. The van der Waals surface area contributed by atoms with Gasteiger partial charge in [-0.1, -0.05) is 48.0 Å². The minimum absolute atomic E-state index is 0.0541. The molecule has 0 fully saturated rings. The molecular formula is C22H19ClN2O2.